The molecule has 0 fully saturated rings. The molecule has 0 rings (SSSR count). The second kappa shape index (κ2) is 8.96. The number of unbranched alkanes of at least 4 members (excludes halogenated alkanes) is 6. The van der Waals surface area contributed by atoms with Crippen LogP contribution in [0.3, 0.4) is 0 Å². The van der Waals surface area contributed by atoms with Gasteiger partial charge in [0, 0.05) is 7.11 Å². The summed E-state index contributed by atoms with van der Waals surface area (Å²) in [6.45, 7) is 2.17. The molecule has 98 valence electrons. The van der Waals surface area contributed by atoms with E-state index >= 15 is 0 Å². The first-order valence-electron chi connectivity index (χ1n) is 6.00. The van der Waals surface area contributed by atoms with E-state index in [0.717, 1.165) is 19.3 Å². The zero-order valence-corrected chi connectivity index (χ0v) is 11.1. The molecule has 0 aromatic heterocycles. The third-order valence-electron chi connectivity index (χ3n) is 2.63. The van der Waals surface area contributed by atoms with Gasteiger partial charge in [0.2, 0.25) is 0 Å². The molecule has 0 aromatic rings. The van der Waals surface area contributed by atoms with Crippen LogP contribution in [0, 0.1) is 0 Å². The van der Waals surface area contributed by atoms with Crippen LogP contribution in [0.1, 0.15) is 58.3 Å². The Balaban J connectivity index is 3.50. The Bertz CT molecular complexity index is 249. The fraction of sp³-hybridized carbons (Fsp3) is 1.00. The zero-order chi connectivity index (χ0) is 12.4. The summed E-state index contributed by atoms with van der Waals surface area (Å²) >= 11 is 0. The van der Waals surface area contributed by atoms with Gasteiger partial charge in [-0.3, -0.25) is 0 Å². The molecule has 0 saturated carbocycles. The molecular weight excluding hydrogens is 228 g/mol. The summed E-state index contributed by atoms with van der Waals surface area (Å²) in [6.07, 6.45) is 8.05. The highest BCUT2D eigenvalue weighted by Gasteiger charge is 2.13. The molecule has 16 heavy (non-hydrogen) atoms. The van der Waals surface area contributed by atoms with Crippen molar-refractivity contribution < 1.29 is 17.7 Å². The number of hydrogen-bond acceptors (Lipinski definition) is 4. The van der Waals surface area contributed by atoms with Crippen molar-refractivity contribution in [1.29, 1.82) is 0 Å². The highest BCUT2D eigenvalue weighted by Crippen LogP contribution is 2.13. The van der Waals surface area contributed by atoms with Crippen LogP contribution in [0.4, 0.5) is 0 Å². The van der Waals surface area contributed by atoms with Crippen molar-refractivity contribution in [3.8, 4) is 0 Å². The molecule has 1 atom stereocenters. The van der Waals surface area contributed by atoms with Crippen molar-refractivity contribution >= 4 is 10.1 Å². The molecule has 5 heteroatoms. The van der Waals surface area contributed by atoms with E-state index < -0.39 is 15.6 Å². The third kappa shape index (κ3) is 8.07. The lowest BCUT2D eigenvalue weighted by atomic mass is 10.1. The quantitative estimate of drug-likeness (QED) is 0.442. The molecule has 1 unspecified atom stereocenters. The van der Waals surface area contributed by atoms with Crippen LogP contribution in [-0.2, 0) is 14.9 Å². The summed E-state index contributed by atoms with van der Waals surface area (Å²) in [4.78, 5) is 0. The summed E-state index contributed by atoms with van der Waals surface area (Å²) < 4.78 is 36.7. The minimum absolute atomic E-state index is 0.316. The van der Waals surface area contributed by atoms with Crippen LogP contribution in [-0.4, -0.2) is 25.5 Å². The highest BCUT2D eigenvalue weighted by molar-refractivity contribution is 7.86. The van der Waals surface area contributed by atoms with Crippen LogP contribution < -0.4 is 0 Å². The predicted molar refractivity (Wildman–Crippen MR) is 63.1 cm³/mol. The average Bonchev–Trinajstić information content (AvgIpc) is 2.20. The van der Waals surface area contributed by atoms with Gasteiger partial charge in [0.25, 0.3) is 0 Å². The molecule has 0 bridgehead atoms. The lowest BCUT2D eigenvalue weighted by Crippen LogP contribution is -2.22. The van der Waals surface area contributed by atoms with Crippen LogP contribution >= 0.6 is 0 Å². The Labute approximate surface area is 99.1 Å². The predicted octanol–water partition coefficient (Wildman–Crippen LogP) is 2.64. The van der Waals surface area contributed by atoms with Gasteiger partial charge in [-0.1, -0.05) is 45.4 Å². The smallest absolute Gasteiger partial charge is 0.146 e. The van der Waals surface area contributed by atoms with E-state index in [0.29, 0.717) is 6.42 Å². The largest absolute Gasteiger partial charge is 0.746 e. The van der Waals surface area contributed by atoms with E-state index in [1.165, 1.54) is 32.8 Å². The van der Waals surface area contributed by atoms with Gasteiger partial charge in [-0.15, -0.1) is 0 Å². The molecule has 0 aliphatic rings. The van der Waals surface area contributed by atoms with Gasteiger partial charge in [0.15, 0.2) is 0 Å². The first-order valence-corrected chi connectivity index (χ1v) is 7.47. The van der Waals surface area contributed by atoms with E-state index in [-0.39, 0.29) is 0 Å². The zero-order valence-electron chi connectivity index (χ0n) is 10.3. The van der Waals surface area contributed by atoms with Crippen molar-refractivity contribution in [1.82, 2.24) is 0 Å². The maximum absolute atomic E-state index is 10.7. The molecule has 0 radical (unpaired) electrons. The van der Waals surface area contributed by atoms with Gasteiger partial charge < -0.3 is 9.29 Å². The van der Waals surface area contributed by atoms with E-state index in [9.17, 15) is 13.0 Å². The van der Waals surface area contributed by atoms with E-state index in [1.54, 1.807) is 0 Å². The first kappa shape index (κ1) is 15.9. The SMILES string of the molecule is CCCCCCCCCC(OC)S(=O)(=O)[O-]. The minimum Gasteiger partial charge on any atom is -0.746 e. The van der Waals surface area contributed by atoms with Gasteiger partial charge in [-0.25, -0.2) is 8.42 Å². The minimum atomic E-state index is -4.29. The summed E-state index contributed by atoms with van der Waals surface area (Å²) in [5.41, 5.74) is -1.16. The molecule has 0 aromatic carbocycles. The Morgan fingerprint density at radius 1 is 1.06 bits per heavy atom. The van der Waals surface area contributed by atoms with Crippen molar-refractivity contribution in [3.63, 3.8) is 0 Å². The van der Waals surface area contributed by atoms with Crippen molar-refractivity contribution in [2.45, 2.75) is 63.7 Å². The normalized spacial score (nSPS) is 13.9. The van der Waals surface area contributed by atoms with E-state index in [1.807, 2.05) is 0 Å². The number of rotatable bonds is 10. The summed E-state index contributed by atoms with van der Waals surface area (Å²) in [6, 6.07) is 0. The standard InChI is InChI=1S/C11H24O4S/c1-3-4-5-6-7-8-9-10-11(15-2)16(12,13)14/h11H,3-10H2,1-2H3,(H,12,13,14)/p-1. The lowest BCUT2D eigenvalue weighted by Gasteiger charge is -2.18. The molecule has 0 aliphatic heterocycles. The second-order valence-electron chi connectivity index (χ2n) is 4.07. The monoisotopic (exact) mass is 251 g/mol. The van der Waals surface area contributed by atoms with Crippen LogP contribution in [0.5, 0.6) is 0 Å². The van der Waals surface area contributed by atoms with Crippen LogP contribution in [0.25, 0.3) is 0 Å². The van der Waals surface area contributed by atoms with Crippen LogP contribution in [0.2, 0.25) is 0 Å². The van der Waals surface area contributed by atoms with Gasteiger partial charge in [0.05, 0.1) is 0 Å². The molecule has 0 saturated heterocycles. The summed E-state index contributed by atoms with van der Waals surface area (Å²) in [5, 5.41) is 0. The topological polar surface area (TPSA) is 66.4 Å². The molecule has 0 aliphatic carbocycles. The van der Waals surface area contributed by atoms with Gasteiger partial charge in [-0.05, 0) is 12.8 Å². The van der Waals surface area contributed by atoms with Gasteiger partial charge in [0.1, 0.15) is 15.6 Å². The first-order chi connectivity index (χ1) is 7.52. The van der Waals surface area contributed by atoms with Crippen molar-refractivity contribution in [2.75, 3.05) is 7.11 Å². The molecule has 4 nitrogen and oxygen atoms in total. The summed E-state index contributed by atoms with van der Waals surface area (Å²) in [5.74, 6) is 0. The molecular formula is C11H23O4S-. The highest BCUT2D eigenvalue weighted by atomic mass is 32.2. The molecule has 0 amide bonds. The summed E-state index contributed by atoms with van der Waals surface area (Å²) in [7, 11) is -3.02. The average molecular weight is 251 g/mol. The van der Waals surface area contributed by atoms with Crippen molar-refractivity contribution in [2.24, 2.45) is 0 Å². The van der Waals surface area contributed by atoms with Crippen molar-refractivity contribution in [3.05, 3.63) is 0 Å². The lowest BCUT2D eigenvalue weighted by molar-refractivity contribution is 0.143. The molecule has 0 heterocycles. The van der Waals surface area contributed by atoms with Gasteiger partial charge in [-0.2, -0.15) is 0 Å². The fourth-order valence-electron chi connectivity index (χ4n) is 1.65. The Kier molecular flexibility index (Phi) is 8.89. The number of hydrogen-bond donors (Lipinski definition) is 0. The third-order valence-corrected chi connectivity index (χ3v) is 3.70. The Morgan fingerprint density at radius 2 is 1.56 bits per heavy atom. The number of ether oxygens (including phenoxy) is 1. The number of methoxy groups -OCH3 is 1. The van der Waals surface area contributed by atoms with Crippen LogP contribution in [0.15, 0.2) is 0 Å². The fourth-order valence-corrected chi connectivity index (χ4v) is 2.34. The Hall–Kier alpha value is -0.130. The molecule has 0 N–H and O–H groups in total. The maximum Gasteiger partial charge on any atom is 0.146 e. The maximum atomic E-state index is 10.7. The van der Waals surface area contributed by atoms with E-state index in [4.69, 9.17) is 0 Å². The van der Waals surface area contributed by atoms with Gasteiger partial charge >= 0.3 is 0 Å². The molecule has 0 spiro atoms. The second-order valence-corrected chi connectivity index (χ2v) is 5.58. The van der Waals surface area contributed by atoms with E-state index in [2.05, 4.69) is 11.7 Å². The Morgan fingerprint density at radius 3 is 2.00 bits per heavy atom.